The predicted molar refractivity (Wildman–Crippen MR) is 362 cm³/mol. The van der Waals surface area contributed by atoms with Crippen molar-refractivity contribution in [3.8, 4) is 0 Å². The van der Waals surface area contributed by atoms with Crippen LogP contribution in [0.5, 0.6) is 0 Å². The Balaban J connectivity index is 4.01. The first kappa shape index (κ1) is 79.1. The van der Waals surface area contributed by atoms with Gasteiger partial charge >= 0.3 is 17.9 Å². The van der Waals surface area contributed by atoms with Crippen molar-refractivity contribution in [2.24, 2.45) is 0 Å². The molecular weight excluding hydrogens is 1020 g/mol. The van der Waals surface area contributed by atoms with Crippen LogP contribution in [0.2, 0.25) is 0 Å². The molecule has 1 atom stereocenters. The van der Waals surface area contributed by atoms with E-state index in [9.17, 15) is 14.4 Å². The van der Waals surface area contributed by atoms with E-state index in [-0.39, 0.29) is 31.1 Å². The Bertz CT molecular complexity index is 1660. The van der Waals surface area contributed by atoms with Crippen LogP contribution in [-0.2, 0) is 28.6 Å². The largest absolute Gasteiger partial charge is 0.462 e. The fraction of sp³-hybridized carbons (Fsp3) is 0.727. The van der Waals surface area contributed by atoms with Crippen LogP contribution in [0.1, 0.15) is 342 Å². The molecule has 6 nitrogen and oxygen atoms in total. The Morgan fingerprint density at radius 1 is 0.253 bits per heavy atom. The number of hydrogen-bond donors (Lipinski definition) is 0. The zero-order valence-electron chi connectivity index (χ0n) is 54.7. The first-order valence-corrected chi connectivity index (χ1v) is 35.4. The summed E-state index contributed by atoms with van der Waals surface area (Å²) < 4.78 is 16.8. The first-order chi connectivity index (χ1) is 41.0. The third kappa shape index (κ3) is 68.7. The van der Waals surface area contributed by atoms with Gasteiger partial charge in [0.1, 0.15) is 13.2 Å². The summed E-state index contributed by atoms with van der Waals surface area (Å²) >= 11 is 0. The standard InChI is InChI=1S/C77H132O6/c1-4-7-10-13-15-17-19-21-23-25-27-29-31-33-35-37-38-40-41-43-45-47-49-51-53-55-57-59-61-64-67-70-76(79)82-73-74(72-81-75(78)69-66-63-12-9-6-3)83-77(80)71-68-65-62-60-58-56-54-52-50-48-46-44-42-39-36-34-32-30-28-26-24-22-20-18-16-14-11-8-5-2/h8,11,16,18-19,21-22,24-25,27-28,30,34,36,42,44,48,50,74H,4-7,9-10,12-15,17,20,23,26,29,31-33,35,37-41,43,45-47,49,51-73H2,1-3H3/b11-8-,18-16-,21-19-,24-22-,27-25-,30-28-,36-34-,44-42-,50-48-. The van der Waals surface area contributed by atoms with Gasteiger partial charge in [-0.3, -0.25) is 14.4 Å². The van der Waals surface area contributed by atoms with Crippen molar-refractivity contribution in [1.82, 2.24) is 0 Å². The molecule has 0 radical (unpaired) electrons. The SMILES string of the molecule is CC/C=C\C/C=C\C/C=C\C/C=C\C/C=C\C/C=C\C/C=C\CCCCCCCCCC(=O)OC(COC(=O)CCCCCCC)COC(=O)CCCCCCCCCCCCCCCCCCCCC/C=C\C/C=C\CCCCCCC. The number of ether oxygens (including phenoxy) is 3. The highest BCUT2D eigenvalue weighted by Gasteiger charge is 2.19. The minimum atomic E-state index is -0.782. The van der Waals surface area contributed by atoms with Crippen LogP contribution in [-0.4, -0.2) is 37.2 Å². The van der Waals surface area contributed by atoms with Gasteiger partial charge in [0, 0.05) is 19.3 Å². The van der Waals surface area contributed by atoms with Crippen molar-refractivity contribution in [3.63, 3.8) is 0 Å². The van der Waals surface area contributed by atoms with Crippen LogP contribution in [0, 0.1) is 0 Å². The minimum Gasteiger partial charge on any atom is -0.462 e. The maximum absolute atomic E-state index is 12.9. The maximum atomic E-state index is 12.9. The van der Waals surface area contributed by atoms with E-state index in [0.717, 1.165) is 122 Å². The summed E-state index contributed by atoms with van der Waals surface area (Å²) in [7, 11) is 0. The number of esters is 3. The van der Waals surface area contributed by atoms with Gasteiger partial charge in [-0.05, 0) is 109 Å². The van der Waals surface area contributed by atoms with Gasteiger partial charge in [0.25, 0.3) is 0 Å². The molecule has 0 bridgehead atoms. The summed E-state index contributed by atoms with van der Waals surface area (Å²) in [4.78, 5) is 38.0. The number of allylic oxidation sites excluding steroid dienone is 18. The maximum Gasteiger partial charge on any atom is 0.306 e. The topological polar surface area (TPSA) is 78.9 Å². The Labute approximate surface area is 514 Å². The van der Waals surface area contributed by atoms with Crippen molar-refractivity contribution in [2.75, 3.05) is 13.2 Å². The normalized spacial score (nSPS) is 12.8. The van der Waals surface area contributed by atoms with Gasteiger partial charge in [0.2, 0.25) is 0 Å². The van der Waals surface area contributed by atoms with Crippen molar-refractivity contribution in [3.05, 3.63) is 109 Å². The number of hydrogen-bond acceptors (Lipinski definition) is 6. The molecular formula is C77H132O6. The van der Waals surface area contributed by atoms with Gasteiger partial charge in [-0.25, -0.2) is 0 Å². The molecule has 0 aliphatic heterocycles. The first-order valence-electron chi connectivity index (χ1n) is 35.4. The van der Waals surface area contributed by atoms with Crippen LogP contribution in [0.4, 0.5) is 0 Å². The van der Waals surface area contributed by atoms with Crippen molar-refractivity contribution in [1.29, 1.82) is 0 Å². The Morgan fingerprint density at radius 2 is 0.470 bits per heavy atom. The highest BCUT2D eigenvalue weighted by atomic mass is 16.6. The van der Waals surface area contributed by atoms with Gasteiger partial charge in [0.15, 0.2) is 6.10 Å². The van der Waals surface area contributed by atoms with Gasteiger partial charge in [0.05, 0.1) is 0 Å². The molecule has 0 N–H and O–H groups in total. The Morgan fingerprint density at radius 3 is 0.735 bits per heavy atom. The van der Waals surface area contributed by atoms with Gasteiger partial charge in [-0.1, -0.05) is 323 Å². The van der Waals surface area contributed by atoms with Crippen molar-refractivity contribution in [2.45, 2.75) is 348 Å². The number of carbonyl (C=O) groups is 3. The number of carbonyl (C=O) groups excluding carboxylic acids is 3. The van der Waals surface area contributed by atoms with E-state index in [1.54, 1.807) is 0 Å². The summed E-state index contributed by atoms with van der Waals surface area (Å²) in [5.74, 6) is -0.895. The van der Waals surface area contributed by atoms with Gasteiger partial charge < -0.3 is 14.2 Å². The molecule has 0 aromatic heterocycles. The molecule has 0 aromatic carbocycles. The highest BCUT2D eigenvalue weighted by Crippen LogP contribution is 2.17. The lowest BCUT2D eigenvalue weighted by Gasteiger charge is -2.18. The second-order valence-corrected chi connectivity index (χ2v) is 23.4. The lowest BCUT2D eigenvalue weighted by Crippen LogP contribution is -2.30. The lowest BCUT2D eigenvalue weighted by molar-refractivity contribution is -0.167. The molecule has 0 fully saturated rings. The third-order valence-electron chi connectivity index (χ3n) is 15.3. The number of unbranched alkanes of at least 4 members (excludes halogenated alkanes) is 35. The molecule has 0 heterocycles. The van der Waals surface area contributed by atoms with Crippen LogP contribution >= 0.6 is 0 Å². The fourth-order valence-corrected chi connectivity index (χ4v) is 9.99. The average Bonchev–Trinajstić information content (AvgIpc) is 3.48. The zero-order chi connectivity index (χ0) is 59.9. The van der Waals surface area contributed by atoms with E-state index in [2.05, 4.69) is 130 Å². The van der Waals surface area contributed by atoms with Gasteiger partial charge in [-0.2, -0.15) is 0 Å². The van der Waals surface area contributed by atoms with E-state index in [0.29, 0.717) is 19.3 Å². The smallest absolute Gasteiger partial charge is 0.306 e. The predicted octanol–water partition coefficient (Wildman–Crippen LogP) is 24.6. The van der Waals surface area contributed by atoms with E-state index >= 15 is 0 Å². The molecule has 0 saturated carbocycles. The van der Waals surface area contributed by atoms with Gasteiger partial charge in [-0.15, -0.1) is 0 Å². The molecule has 0 aliphatic rings. The molecule has 6 heteroatoms. The molecule has 0 aliphatic carbocycles. The molecule has 0 aromatic rings. The fourth-order valence-electron chi connectivity index (χ4n) is 9.99. The average molecular weight is 1150 g/mol. The summed E-state index contributed by atoms with van der Waals surface area (Å²) in [5.41, 5.74) is 0. The monoisotopic (exact) mass is 1150 g/mol. The van der Waals surface area contributed by atoms with Crippen molar-refractivity contribution < 1.29 is 28.6 Å². The summed E-state index contributed by atoms with van der Waals surface area (Å²) in [6, 6.07) is 0. The zero-order valence-corrected chi connectivity index (χ0v) is 54.7. The number of rotatable bonds is 64. The molecule has 0 spiro atoms. The molecule has 1 unspecified atom stereocenters. The van der Waals surface area contributed by atoms with Crippen LogP contribution in [0.3, 0.4) is 0 Å². The van der Waals surface area contributed by atoms with Crippen LogP contribution in [0.25, 0.3) is 0 Å². The Hall–Kier alpha value is -3.93. The highest BCUT2D eigenvalue weighted by molar-refractivity contribution is 5.71. The molecule has 83 heavy (non-hydrogen) atoms. The van der Waals surface area contributed by atoms with E-state index in [1.807, 2.05) is 0 Å². The van der Waals surface area contributed by atoms with E-state index < -0.39 is 6.10 Å². The second kappa shape index (κ2) is 70.6. The third-order valence-corrected chi connectivity index (χ3v) is 15.3. The second-order valence-electron chi connectivity index (χ2n) is 23.4. The summed E-state index contributed by atoms with van der Waals surface area (Å²) in [5, 5.41) is 0. The summed E-state index contributed by atoms with van der Waals surface area (Å²) in [6.45, 7) is 6.45. The van der Waals surface area contributed by atoms with E-state index in [4.69, 9.17) is 14.2 Å². The van der Waals surface area contributed by atoms with Crippen molar-refractivity contribution >= 4 is 17.9 Å². The van der Waals surface area contributed by atoms with Crippen LogP contribution in [0.15, 0.2) is 109 Å². The minimum absolute atomic E-state index is 0.0805. The molecule has 0 rings (SSSR count). The quantitative estimate of drug-likeness (QED) is 0.0261. The molecule has 476 valence electrons. The Kier molecular flexibility index (Phi) is 67.2. The summed E-state index contributed by atoms with van der Waals surface area (Å²) in [6.07, 6.45) is 97.4. The molecule has 0 saturated heterocycles. The van der Waals surface area contributed by atoms with E-state index in [1.165, 1.54) is 180 Å². The van der Waals surface area contributed by atoms with Crippen LogP contribution < -0.4 is 0 Å². The molecule has 0 amide bonds. The lowest BCUT2D eigenvalue weighted by atomic mass is 10.0.